The molecule has 0 heterocycles. The summed E-state index contributed by atoms with van der Waals surface area (Å²) in [5.74, 6) is -5.55. The lowest BCUT2D eigenvalue weighted by Gasteiger charge is -2.32. The molecule has 0 spiro atoms. The van der Waals surface area contributed by atoms with Crippen LogP contribution in [0.4, 0.5) is 4.39 Å². The third-order valence-corrected chi connectivity index (χ3v) is 1.79. The highest BCUT2D eigenvalue weighted by molar-refractivity contribution is 5.88. The maximum atomic E-state index is 13.6. The van der Waals surface area contributed by atoms with Crippen molar-refractivity contribution in [2.75, 3.05) is 0 Å². The van der Waals surface area contributed by atoms with Gasteiger partial charge in [0.15, 0.2) is 0 Å². The van der Waals surface area contributed by atoms with Gasteiger partial charge in [-0.15, -0.1) is 0 Å². The first-order valence-corrected chi connectivity index (χ1v) is 4.82. The molecule has 0 radical (unpaired) electrons. The summed E-state index contributed by atoms with van der Waals surface area (Å²) >= 11 is 0. The Morgan fingerprint density at radius 3 is 1.72 bits per heavy atom. The molecule has 0 aromatic carbocycles. The van der Waals surface area contributed by atoms with E-state index in [4.69, 9.17) is 0 Å². The van der Waals surface area contributed by atoms with Crippen LogP contribution in [0, 0.1) is 0 Å². The Bertz CT molecular complexity index is 358. The quantitative estimate of drug-likeness (QED) is 0.427. The summed E-state index contributed by atoms with van der Waals surface area (Å²) < 4.78 is 21.8. The number of alkyl halides is 1. The molecule has 0 aliphatic rings. The van der Waals surface area contributed by atoms with Crippen molar-refractivity contribution in [2.45, 2.75) is 32.6 Å². The summed E-state index contributed by atoms with van der Waals surface area (Å²) in [6.07, 6.45) is 0. The van der Waals surface area contributed by atoms with E-state index < -0.39 is 23.8 Å². The lowest BCUT2D eigenvalue weighted by molar-refractivity contribution is -0.405. The van der Waals surface area contributed by atoms with Crippen LogP contribution in [0.5, 0.6) is 0 Å². The molecular weight excluding hydrogens is 247 g/mol. The first-order valence-electron chi connectivity index (χ1n) is 4.82. The van der Waals surface area contributed by atoms with Crippen molar-refractivity contribution in [1.29, 1.82) is 0 Å². The number of aliphatic hydroxyl groups is 2. The minimum absolute atomic E-state index is 0.141. The van der Waals surface area contributed by atoms with Crippen LogP contribution < -0.4 is 0 Å². The second kappa shape index (κ2) is 5.28. The molecule has 0 bridgehead atoms. The van der Waals surface area contributed by atoms with Gasteiger partial charge in [0.25, 0.3) is 0 Å². The van der Waals surface area contributed by atoms with Crippen molar-refractivity contribution < 1.29 is 33.7 Å². The Kier molecular flexibility index (Phi) is 4.77. The first kappa shape index (κ1) is 16.3. The van der Waals surface area contributed by atoms with Gasteiger partial charge in [-0.2, -0.15) is 4.39 Å². The van der Waals surface area contributed by atoms with Crippen LogP contribution in [0.3, 0.4) is 0 Å². The van der Waals surface area contributed by atoms with Gasteiger partial charge in [-0.1, -0.05) is 13.2 Å². The Labute approximate surface area is 103 Å². The molecule has 0 saturated carbocycles. The van der Waals surface area contributed by atoms with Gasteiger partial charge < -0.3 is 19.7 Å². The monoisotopic (exact) mass is 262 g/mol. The highest BCUT2D eigenvalue weighted by atomic mass is 19.2. The van der Waals surface area contributed by atoms with E-state index in [1.54, 1.807) is 0 Å². The summed E-state index contributed by atoms with van der Waals surface area (Å²) in [5, 5.41) is 18.7. The predicted molar refractivity (Wildman–Crippen MR) is 58.5 cm³/mol. The summed E-state index contributed by atoms with van der Waals surface area (Å²) in [4.78, 5) is 22.1. The van der Waals surface area contributed by atoms with Crippen LogP contribution in [0.1, 0.15) is 20.8 Å². The topological polar surface area (TPSA) is 93.1 Å². The Morgan fingerprint density at radius 1 is 1.06 bits per heavy atom. The lowest BCUT2D eigenvalue weighted by Crippen LogP contribution is -2.54. The molecule has 0 aliphatic carbocycles. The molecule has 0 rings (SSSR count). The molecule has 102 valence electrons. The zero-order valence-corrected chi connectivity index (χ0v) is 10.3. The van der Waals surface area contributed by atoms with Crippen molar-refractivity contribution in [3.63, 3.8) is 0 Å². The van der Waals surface area contributed by atoms with E-state index in [0.29, 0.717) is 6.92 Å². The number of ether oxygens (including phenoxy) is 2. The van der Waals surface area contributed by atoms with Crippen LogP contribution in [0.15, 0.2) is 24.3 Å². The van der Waals surface area contributed by atoms with Crippen molar-refractivity contribution in [3.8, 4) is 0 Å². The third kappa shape index (κ3) is 3.94. The molecular formula is C11H15FO6. The van der Waals surface area contributed by atoms with E-state index in [2.05, 4.69) is 22.6 Å². The molecule has 0 aromatic heterocycles. The number of carbonyl (C=O) groups is 2. The second-order valence-electron chi connectivity index (χ2n) is 3.88. The van der Waals surface area contributed by atoms with Crippen molar-refractivity contribution in [1.82, 2.24) is 0 Å². The Morgan fingerprint density at radius 2 is 1.39 bits per heavy atom. The van der Waals surface area contributed by atoms with Crippen molar-refractivity contribution in [2.24, 2.45) is 0 Å². The van der Waals surface area contributed by atoms with Crippen molar-refractivity contribution in [3.05, 3.63) is 24.3 Å². The molecule has 2 unspecified atom stereocenters. The minimum Gasteiger partial charge on any atom is -0.419 e. The molecule has 7 heteroatoms. The Hall–Kier alpha value is -1.73. The molecule has 2 atom stereocenters. The molecule has 6 nitrogen and oxygen atoms in total. The maximum absolute atomic E-state index is 13.6. The van der Waals surface area contributed by atoms with Gasteiger partial charge in [-0.05, 0) is 13.8 Å². The molecule has 0 aliphatic heterocycles. The number of carbonyl (C=O) groups excluding carboxylic acids is 2. The lowest BCUT2D eigenvalue weighted by atomic mass is 10.2. The van der Waals surface area contributed by atoms with Gasteiger partial charge in [-0.25, -0.2) is 9.59 Å². The molecule has 0 amide bonds. The minimum atomic E-state index is -3.92. The van der Waals surface area contributed by atoms with E-state index in [0.717, 1.165) is 0 Å². The fraction of sp³-hybridized carbons (Fsp3) is 0.455. The number of esters is 2. The van der Waals surface area contributed by atoms with Crippen LogP contribution in [-0.2, 0) is 19.1 Å². The zero-order valence-electron chi connectivity index (χ0n) is 10.3. The molecule has 0 aromatic rings. The van der Waals surface area contributed by atoms with Gasteiger partial charge in [0.2, 0.25) is 0 Å². The summed E-state index contributed by atoms with van der Waals surface area (Å²) in [7, 11) is 0. The predicted octanol–water partition coefficient (Wildman–Crippen LogP) is 0.549. The molecule has 18 heavy (non-hydrogen) atoms. The fourth-order valence-corrected chi connectivity index (χ4v) is 0.635. The number of halogens is 1. The van der Waals surface area contributed by atoms with Crippen LogP contribution >= 0.6 is 0 Å². The van der Waals surface area contributed by atoms with Crippen LogP contribution in [-0.4, -0.2) is 34.0 Å². The highest BCUT2D eigenvalue weighted by Gasteiger charge is 2.55. The molecule has 2 N–H and O–H groups in total. The smallest absolute Gasteiger partial charge is 0.419 e. The summed E-state index contributed by atoms with van der Waals surface area (Å²) in [6, 6.07) is -3.92. The normalized spacial score (nSPS) is 17.0. The van der Waals surface area contributed by atoms with Gasteiger partial charge >= 0.3 is 23.8 Å². The summed E-state index contributed by atoms with van der Waals surface area (Å²) in [6.45, 7) is 9.41. The average Bonchev–Trinajstić information content (AvgIpc) is 2.15. The standard InChI is InChI=1S/C11H15FO6/c1-6(2)8(13)17-10(5,15)11(12,16)18-9(14)7(3)4/h15-16H,1,3H2,2,4-5H3. The average molecular weight is 262 g/mol. The zero-order chi connectivity index (χ0) is 14.7. The number of hydrogen-bond donors (Lipinski definition) is 2. The number of rotatable bonds is 5. The van der Waals surface area contributed by atoms with Gasteiger partial charge in [0.1, 0.15) is 0 Å². The van der Waals surface area contributed by atoms with Crippen LogP contribution in [0.25, 0.3) is 0 Å². The third-order valence-electron chi connectivity index (χ3n) is 1.79. The molecule has 0 fully saturated rings. The van der Waals surface area contributed by atoms with E-state index >= 15 is 0 Å². The fourth-order valence-electron chi connectivity index (χ4n) is 0.635. The van der Waals surface area contributed by atoms with E-state index in [1.165, 1.54) is 13.8 Å². The van der Waals surface area contributed by atoms with Crippen LogP contribution in [0.2, 0.25) is 0 Å². The van der Waals surface area contributed by atoms with E-state index in [-0.39, 0.29) is 11.1 Å². The summed E-state index contributed by atoms with van der Waals surface area (Å²) in [5.41, 5.74) is -0.356. The van der Waals surface area contributed by atoms with Crippen molar-refractivity contribution >= 4 is 11.9 Å². The van der Waals surface area contributed by atoms with E-state index in [9.17, 15) is 24.2 Å². The first-order chi connectivity index (χ1) is 7.90. The maximum Gasteiger partial charge on any atom is 0.431 e. The molecule has 0 saturated heterocycles. The largest absolute Gasteiger partial charge is 0.431 e. The van der Waals surface area contributed by atoms with Gasteiger partial charge in [0.05, 0.1) is 0 Å². The van der Waals surface area contributed by atoms with Gasteiger partial charge in [0, 0.05) is 18.1 Å². The van der Waals surface area contributed by atoms with E-state index in [1.807, 2.05) is 0 Å². The second-order valence-corrected chi connectivity index (χ2v) is 3.88. The Balaban J connectivity index is 4.96. The van der Waals surface area contributed by atoms with Gasteiger partial charge in [-0.3, -0.25) is 0 Å². The highest BCUT2D eigenvalue weighted by Crippen LogP contribution is 2.28. The number of hydrogen-bond acceptors (Lipinski definition) is 6. The SMILES string of the molecule is C=C(C)C(=O)OC(C)(O)C(O)(F)OC(=O)C(=C)C.